The fourth-order valence-electron chi connectivity index (χ4n) is 0.710. The van der Waals surface area contributed by atoms with Crippen molar-refractivity contribution in [1.29, 1.82) is 0 Å². The van der Waals surface area contributed by atoms with E-state index in [0.717, 1.165) is 5.75 Å². The molecule has 16 heavy (non-hydrogen) atoms. The van der Waals surface area contributed by atoms with Crippen LogP contribution < -0.4 is 10.5 Å². The van der Waals surface area contributed by atoms with Crippen LogP contribution in [0.15, 0.2) is 0 Å². The van der Waals surface area contributed by atoms with Gasteiger partial charge in [0.2, 0.25) is 15.9 Å². The summed E-state index contributed by atoms with van der Waals surface area (Å²) in [6.07, 6.45) is 2.37. The lowest BCUT2D eigenvalue weighted by molar-refractivity contribution is -0.120. The van der Waals surface area contributed by atoms with E-state index in [1.807, 2.05) is 11.0 Å². The number of nitrogens with two attached hydrogens (primary N) is 1. The van der Waals surface area contributed by atoms with Crippen molar-refractivity contribution >= 4 is 40.1 Å². The number of nitrogens with one attached hydrogen (secondary N) is 1. The van der Waals surface area contributed by atoms with E-state index in [9.17, 15) is 13.2 Å². The molecule has 0 aromatic carbocycles. The molecule has 0 bridgehead atoms. The molecule has 0 unspecified atom stereocenters. The summed E-state index contributed by atoms with van der Waals surface area (Å²) in [5.41, 5.74) is 5.52. The first-order valence-corrected chi connectivity index (χ1v) is 7.55. The van der Waals surface area contributed by atoms with Gasteiger partial charge in [0.15, 0.2) is 0 Å². The number of thioether (sulfide) groups is 1. The van der Waals surface area contributed by atoms with Crippen LogP contribution in [0.1, 0.15) is 20.3 Å². The van der Waals surface area contributed by atoms with Crippen LogP contribution in [0.2, 0.25) is 0 Å². The summed E-state index contributed by atoms with van der Waals surface area (Å²) in [5, 5.41) is -0.630. The maximum Gasteiger partial charge on any atom is 0.250 e. The molecule has 0 heterocycles. The Morgan fingerprint density at radius 1 is 1.44 bits per heavy atom. The maximum atomic E-state index is 11.3. The van der Waals surface area contributed by atoms with Gasteiger partial charge >= 0.3 is 0 Å². The first kappa shape index (κ1) is 18.4. The van der Waals surface area contributed by atoms with Gasteiger partial charge in [0.25, 0.3) is 0 Å². The third-order valence-corrected chi connectivity index (χ3v) is 4.20. The number of carbonyl (C=O) groups is 1. The summed E-state index contributed by atoms with van der Waals surface area (Å²) < 4.78 is 24.6. The number of hydrogen-bond donors (Lipinski definition) is 2. The maximum absolute atomic E-state index is 11.3. The molecule has 3 N–H and O–H groups in total. The molecule has 0 saturated carbocycles. The zero-order chi connectivity index (χ0) is 12.1. The van der Waals surface area contributed by atoms with Crippen LogP contribution in [0.5, 0.6) is 0 Å². The third kappa shape index (κ3) is 6.57. The van der Waals surface area contributed by atoms with E-state index in [-0.39, 0.29) is 12.4 Å². The number of hydrogen-bond acceptors (Lipinski definition) is 5. The molecule has 0 radical (unpaired) electrons. The molecule has 0 spiro atoms. The van der Waals surface area contributed by atoms with Crippen LogP contribution in [-0.4, -0.2) is 37.6 Å². The third-order valence-electron chi connectivity index (χ3n) is 1.83. The average Bonchev–Trinajstić information content (AvgIpc) is 2.13. The van der Waals surface area contributed by atoms with Crippen LogP contribution in [0.25, 0.3) is 0 Å². The van der Waals surface area contributed by atoms with Gasteiger partial charge in [0, 0.05) is 0 Å². The first-order chi connectivity index (χ1) is 6.81. The smallest absolute Gasteiger partial charge is 0.250 e. The zero-order valence-corrected chi connectivity index (χ0v) is 12.0. The first-order valence-electron chi connectivity index (χ1n) is 4.61. The van der Waals surface area contributed by atoms with Gasteiger partial charge in [-0.1, -0.05) is 0 Å². The van der Waals surface area contributed by atoms with Crippen molar-refractivity contribution in [2.45, 2.75) is 31.6 Å². The lowest BCUT2D eigenvalue weighted by Crippen LogP contribution is -2.45. The Labute approximate surface area is 107 Å². The number of sulfonamides is 1. The van der Waals surface area contributed by atoms with Crippen LogP contribution >= 0.6 is 24.2 Å². The van der Waals surface area contributed by atoms with Crippen molar-refractivity contribution in [1.82, 2.24) is 4.72 Å². The van der Waals surface area contributed by atoms with Gasteiger partial charge in [-0.25, -0.2) is 8.42 Å². The molecule has 0 aliphatic carbocycles. The molecule has 0 aromatic rings. The van der Waals surface area contributed by atoms with Crippen molar-refractivity contribution in [2.24, 2.45) is 5.73 Å². The molecule has 0 aromatic heterocycles. The quantitative estimate of drug-likeness (QED) is 0.736. The van der Waals surface area contributed by atoms with Gasteiger partial charge in [-0.3, -0.25) is 9.52 Å². The van der Waals surface area contributed by atoms with Gasteiger partial charge in [-0.05, 0) is 32.3 Å². The second-order valence-electron chi connectivity index (χ2n) is 3.45. The summed E-state index contributed by atoms with van der Waals surface area (Å²) in [4.78, 5) is 11.3. The minimum Gasteiger partial charge on any atom is -0.320 e. The Kier molecular flexibility index (Phi) is 9.38. The molecule has 0 aliphatic rings. The van der Waals surface area contributed by atoms with E-state index in [2.05, 4.69) is 0 Å². The summed E-state index contributed by atoms with van der Waals surface area (Å²) in [5.74, 6) is 0.105. The largest absolute Gasteiger partial charge is 0.320 e. The predicted octanol–water partition coefficient (Wildman–Crippen LogP) is 0.343. The summed E-state index contributed by atoms with van der Waals surface area (Å²) in [6, 6.07) is -0.758. The van der Waals surface area contributed by atoms with Crippen LogP contribution in [-0.2, 0) is 14.8 Å². The van der Waals surface area contributed by atoms with Crippen molar-refractivity contribution in [3.05, 3.63) is 0 Å². The van der Waals surface area contributed by atoms with Gasteiger partial charge < -0.3 is 5.73 Å². The molecule has 98 valence electrons. The Balaban J connectivity index is 0. The van der Waals surface area contributed by atoms with Gasteiger partial charge in [-0.2, -0.15) is 11.8 Å². The van der Waals surface area contributed by atoms with Gasteiger partial charge in [-0.15, -0.1) is 12.4 Å². The second kappa shape index (κ2) is 8.16. The van der Waals surface area contributed by atoms with Gasteiger partial charge in [0.1, 0.15) is 0 Å². The van der Waals surface area contributed by atoms with Crippen LogP contribution in [0.4, 0.5) is 0 Å². The molecule has 5 nitrogen and oxygen atoms in total. The molecule has 0 rings (SSSR count). The highest BCUT2D eigenvalue weighted by atomic mass is 35.5. The summed E-state index contributed by atoms with van der Waals surface area (Å²) in [6.45, 7) is 3.01. The fourth-order valence-corrected chi connectivity index (χ4v) is 1.87. The van der Waals surface area contributed by atoms with E-state index >= 15 is 0 Å². The van der Waals surface area contributed by atoms with E-state index in [0.29, 0.717) is 6.42 Å². The van der Waals surface area contributed by atoms with Gasteiger partial charge in [0.05, 0.1) is 11.3 Å². The lowest BCUT2D eigenvalue weighted by Gasteiger charge is -2.13. The summed E-state index contributed by atoms with van der Waals surface area (Å²) in [7, 11) is -3.55. The molecule has 1 amide bonds. The highest BCUT2D eigenvalue weighted by Gasteiger charge is 2.22. The minimum absolute atomic E-state index is 0. The molecule has 8 heteroatoms. The summed E-state index contributed by atoms with van der Waals surface area (Å²) >= 11 is 1.56. The SMILES string of the molecule is CSCC[C@H](N)C(=O)NS(=O)(=O)C(C)C.Cl. The Bertz CT molecular complexity index is 306. The molecule has 0 aliphatic heterocycles. The minimum atomic E-state index is -3.55. The Morgan fingerprint density at radius 2 is 1.94 bits per heavy atom. The second-order valence-corrected chi connectivity index (χ2v) is 6.67. The van der Waals surface area contributed by atoms with Crippen molar-refractivity contribution in [2.75, 3.05) is 12.0 Å². The van der Waals surface area contributed by atoms with Crippen LogP contribution in [0, 0.1) is 0 Å². The van der Waals surface area contributed by atoms with E-state index in [4.69, 9.17) is 5.73 Å². The van der Waals surface area contributed by atoms with Crippen molar-refractivity contribution in [3.8, 4) is 0 Å². The molecule has 0 saturated heterocycles. The number of amides is 1. The molecule has 0 fully saturated rings. The van der Waals surface area contributed by atoms with Crippen molar-refractivity contribution < 1.29 is 13.2 Å². The van der Waals surface area contributed by atoms with E-state index in [1.165, 1.54) is 13.8 Å². The normalized spacial score (nSPS) is 13.1. The number of carbonyl (C=O) groups excluding carboxylic acids is 1. The number of halogens is 1. The number of rotatable bonds is 6. The molecular weight excluding hydrogens is 272 g/mol. The van der Waals surface area contributed by atoms with Crippen molar-refractivity contribution in [3.63, 3.8) is 0 Å². The predicted molar refractivity (Wildman–Crippen MR) is 70.4 cm³/mol. The highest BCUT2D eigenvalue weighted by molar-refractivity contribution is 7.98. The molecule has 1 atom stereocenters. The Hall–Kier alpha value is 0.0200. The monoisotopic (exact) mass is 290 g/mol. The van der Waals surface area contributed by atoms with E-state index < -0.39 is 27.2 Å². The van der Waals surface area contributed by atoms with E-state index in [1.54, 1.807) is 11.8 Å². The fraction of sp³-hybridized carbons (Fsp3) is 0.875. The van der Waals surface area contributed by atoms with Crippen LogP contribution in [0.3, 0.4) is 0 Å². The topological polar surface area (TPSA) is 89.3 Å². The zero-order valence-electron chi connectivity index (χ0n) is 9.60. The average molecular weight is 291 g/mol. The standard InChI is InChI=1S/C8H18N2O3S2.ClH/c1-6(2)15(12,13)10-8(11)7(9)4-5-14-3;/h6-7H,4-5,9H2,1-3H3,(H,10,11);1H/t7-;/m0./s1. The molecular formula is C8H19ClN2O3S2. The lowest BCUT2D eigenvalue weighted by atomic mass is 10.2. The highest BCUT2D eigenvalue weighted by Crippen LogP contribution is 2.01. The Morgan fingerprint density at radius 3 is 2.31 bits per heavy atom.